The van der Waals surface area contributed by atoms with Crippen molar-refractivity contribution in [2.75, 3.05) is 13.7 Å². The molecule has 0 radical (unpaired) electrons. The van der Waals surface area contributed by atoms with Crippen LogP contribution in [0.4, 0.5) is 0 Å². The summed E-state index contributed by atoms with van der Waals surface area (Å²) in [6.45, 7) is 1.82. The molecule has 0 aromatic heterocycles. The standard InChI is InChI=1S/C24H21IN2O5/c1-16-7-10-18(11-8-16)31-15-23(28)27-26-14-17-9-12-21(22(13-17)30-2)32-24(29)19-5-3-4-6-20(19)25/h3-14H,15H2,1-2H3,(H,27,28). The molecule has 32 heavy (non-hydrogen) atoms. The number of ether oxygens (including phenoxy) is 3. The number of aryl methyl sites for hydroxylation is 1. The predicted octanol–water partition coefficient (Wildman–Crippen LogP) is 4.36. The van der Waals surface area contributed by atoms with E-state index in [2.05, 4.69) is 33.1 Å². The fraction of sp³-hybridized carbons (Fsp3) is 0.125. The summed E-state index contributed by atoms with van der Waals surface area (Å²) in [5.74, 6) is 0.384. The molecule has 3 rings (SSSR count). The Morgan fingerprint density at radius 1 is 1.03 bits per heavy atom. The highest BCUT2D eigenvalue weighted by molar-refractivity contribution is 14.1. The van der Waals surface area contributed by atoms with E-state index >= 15 is 0 Å². The van der Waals surface area contributed by atoms with Gasteiger partial charge in [0.2, 0.25) is 0 Å². The van der Waals surface area contributed by atoms with Gasteiger partial charge in [-0.15, -0.1) is 0 Å². The Morgan fingerprint density at radius 3 is 2.50 bits per heavy atom. The summed E-state index contributed by atoms with van der Waals surface area (Å²) in [6, 6.07) is 19.5. The van der Waals surface area contributed by atoms with Gasteiger partial charge in [0.05, 0.1) is 18.9 Å². The van der Waals surface area contributed by atoms with E-state index in [-0.39, 0.29) is 12.4 Å². The number of esters is 1. The summed E-state index contributed by atoms with van der Waals surface area (Å²) in [4.78, 5) is 24.3. The number of nitrogens with one attached hydrogen (secondary N) is 1. The number of hydrogen-bond donors (Lipinski definition) is 1. The summed E-state index contributed by atoms with van der Waals surface area (Å²) >= 11 is 2.08. The highest BCUT2D eigenvalue weighted by Crippen LogP contribution is 2.29. The molecule has 7 nitrogen and oxygen atoms in total. The quantitative estimate of drug-likeness (QED) is 0.150. The fourth-order valence-electron chi connectivity index (χ4n) is 2.62. The number of hydrogen-bond acceptors (Lipinski definition) is 6. The second-order valence-electron chi connectivity index (χ2n) is 6.67. The van der Waals surface area contributed by atoms with Crippen molar-refractivity contribution in [3.05, 3.63) is 87.0 Å². The molecule has 0 atom stereocenters. The van der Waals surface area contributed by atoms with Crippen LogP contribution in [0.1, 0.15) is 21.5 Å². The van der Waals surface area contributed by atoms with Crippen LogP contribution >= 0.6 is 22.6 Å². The molecule has 0 saturated heterocycles. The molecule has 0 aliphatic heterocycles. The second-order valence-corrected chi connectivity index (χ2v) is 7.84. The average molecular weight is 544 g/mol. The summed E-state index contributed by atoms with van der Waals surface area (Å²) in [7, 11) is 1.48. The smallest absolute Gasteiger partial charge is 0.344 e. The molecule has 0 saturated carbocycles. The number of hydrazone groups is 1. The summed E-state index contributed by atoms with van der Waals surface area (Å²) in [5, 5.41) is 3.92. The number of carbonyl (C=O) groups excluding carboxylic acids is 2. The molecule has 1 N–H and O–H groups in total. The monoisotopic (exact) mass is 544 g/mol. The van der Waals surface area contributed by atoms with Crippen LogP contribution in [0.5, 0.6) is 17.2 Å². The minimum absolute atomic E-state index is 0.156. The maximum absolute atomic E-state index is 12.4. The Bertz CT molecular complexity index is 1130. The third kappa shape index (κ3) is 6.55. The first-order valence-corrected chi connectivity index (χ1v) is 10.7. The molecule has 0 aliphatic carbocycles. The van der Waals surface area contributed by atoms with Crippen molar-refractivity contribution in [2.24, 2.45) is 5.10 Å². The average Bonchev–Trinajstić information content (AvgIpc) is 2.79. The third-order valence-corrected chi connectivity index (χ3v) is 5.22. The third-order valence-electron chi connectivity index (χ3n) is 4.28. The highest BCUT2D eigenvalue weighted by Gasteiger charge is 2.15. The largest absolute Gasteiger partial charge is 0.493 e. The van der Waals surface area contributed by atoms with Crippen LogP contribution in [0, 0.1) is 10.5 Å². The lowest BCUT2D eigenvalue weighted by molar-refractivity contribution is -0.123. The fourth-order valence-corrected chi connectivity index (χ4v) is 3.23. The molecule has 0 bridgehead atoms. The van der Waals surface area contributed by atoms with E-state index in [1.165, 1.54) is 13.3 Å². The minimum Gasteiger partial charge on any atom is -0.493 e. The first-order valence-electron chi connectivity index (χ1n) is 9.62. The lowest BCUT2D eigenvalue weighted by atomic mass is 10.2. The van der Waals surface area contributed by atoms with Gasteiger partial charge in [-0.3, -0.25) is 4.79 Å². The van der Waals surface area contributed by atoms with Crippen molar-refractivity contribution >= 4 is 40.7 Å². The van der Waals surface area contributed by atoms with Crippen molar-refractivity contribution in [3.8, 4) is 17.2 Å². The van der Waals surface area contributed by atoms with E-state index in [4.69, 9.17) is 14.2 Å². The van der Waals surface area contributed by atoms with Gasteiger partial charge in [0, 0.05) is 3.57 Å². The summed E-state index contributed by atoms with van der Waals surface area (Å²) < 4.78 is 17.0. The Hall–Kier alpha value is -3.40. The molecule has 0 unspecified atom stereocenters. The van der Waals surface area contributed by atoms with Gasteiger partial charge in [-0.2, -0.15) is 5.10 Å². The van der Waals surface area contributed by atoms with E-state index in [9.17, 15) is 9.59 Å². The maximum atomic E-state index is 12.4. The van der Waals surface area contributed by atoms with Crippen LogP contribution in [-0.2, 0) is 4.79 Å². The summed E-state index contributed by atoms with van der Waals surface area (Å²) in [6.07, 6.45) is 1.46. The van der Waals surface area contributed by atoms with Crippen molar-refractivity contribution in [2.45, 2.75) is 6.92 Å². The number of nitrogens with zero attached hydrogens (tertiary/aromatic N) is 1. The van der Waals surface area contributed by atoms with Crippen molar-refractivity contribution in [1.29, 1.82) is 0 Å². The first-order chi connectivity index (χ1) is 15.5. The predicted molar refractivity (Wildman–Crippen MR) is 130 cm³/mol. The molecule has 8 heteroatoms. The number of methoxy groups -OCH3 is 1. The van der Waals surface area contributed by atoms with Gasteiger partial charge in [-0.05, 0) is 77.5 Å². The molecule has 0 heterocycles. The molecule has 0 fully saturated rings. The van der Waals surface area contributed by atoms with Gasteiger partial charge in [-0.25, -0.2) is 10.2 Å². The zero-order chi connectivity index (χ0) is 22.9. The normalized spacial score (nSPS) is 10.6. The Balaban J connectivity index is 1.57. The van der Waals surface area contributed by atoms with Gasteiger partial charge in [-0.1, -0.05) is 29.8 Å². The lowest BCUT2D eigenvalue weighted by Gasteiger charge is -2.10. The van der Waals surface area contributed by atoms with Crippen LogP contribution in [0.25, 0.3) is 0 Å². The topological polar surface area (TPSA) is 86.2 Å². The number of amides is 1. The van der Waals surface area contributed by atoms with Crippen LogP contribution in [0.2, 0.25) is 0 Å². The molecular weight excluding hydrogens is 523 g/mol. The number of halogens is 1. The molecule has 3 aromatic carbocycles. The van der Waals surface area contributed by atoms with E-state index in [1.54, 1.807) is 42.5 Å². The van der Waals surface area contributed by atoms with Crippen LogP contribution in [0.3, 0.4) is 0 Å². The van der Waals surface area contributed by atoms with Gasteiger partial charge >= 0.3 is 5.97 Å². The number of rotatable bonds is 8. The molecule has 1 amide bonds. The molecule has 3 aromatic rings. The Kier molecular flexibility index (Phi) is 8.20. The Labute approximate surface area is 199 Å². The number of carbonyl (C=O) groups is 2. The van der Waals surface area contributed by atoms with Gasteiger partial charge in [0.15, 0.2) is 18.1 Å². The van der Waals surface area contributed by atoms with E-state index in [0.717, 1.165) is 9.13 Å². The van der Waals surface area contributed by atoms with Crippen molar-refractivity contribution < 1.29 is 23.8 Å². The molecule has 164 valence electrons. The zero-order valence-corrected chi connectivity index (χ0v) is 19.7. The van der Waals surface area contributed by atoms with E-state index in [0.29, 0.717) is 22.6 Å². The highest BCUT2D eigenvalue weighted by atomic mass is 127. The molecular formula is C24H21IN2O5. The van der Waals surface area contributed by atoms with Crippen molar-refractivity contribution in [1.82, 2.24) is 5.43 Å². The second kappa shape index (κ2) is 11.3. The minimum atomic E-state index is -0.476. The molecule has 0 aliphatic rings. The number of benzene rings is 3. The van der Waals surface area contributed by atoms with Gasteiger partial charge < -0.3 is 14.2 Å². The van der Waals surface area contributed by atoms with E-state index in [1.807, 2.05) is 31.2 Å². The van der Waals surface area contributed by atoms with E-state index < -0.39 is 11.9 Å². The Morgan fingerprint density at radius 2 is 1.78 bits per heavy atom. The molecule has 0 spiro atoms. The van der Waals surface area contributed by atoms with Crippen molar-refractivity contribution in [3.63, 3.8) is 0 Å². The first kappa shape index (κ1) is 23.3. The van der Waals surface area contributed by atoms with Gasteiger partial charge in [0.25, 0.3) is 5.91 Å². The maximum Gasteiger partial charge on any atom is 0.344 e. The lowest BCUT2D eigenvalue weighted by Crippen LogP contribution is -2.24. The van der Waals surface area contributed by atoms with Crippen LogP contribution in [0.15, 0.2) is 71.8 Å². The SMILES string of the molecule is COc1cc(C=NNC(=O)COc2ccc(C)cc2)ccc1OC(=O)c1ccccc1I. The van der Waals surface area contributed by atoms with Crippen LogP contribution < -0.4 is 19.6 Å². The zero-order valence-electron chi connectivity index (χ0n) is 17.5. The van der Waals surface area contributed by atoms with Crippen LogP contribution in [-0.4, -0.2) is 31.8 Å². The summed E-state index contributed by atoms with van der Waals surface area (Å²) in [5.41, 5.74) is 4.63. The van der Waals surface area contributed by atoms with Gasteiger partial charge in [0.1, 0.15) is 5.75 Å².